The summed E-state index contributed by atoms with van der Waals surface area (Å²) in [5, 5.41) is 6.28. The van der Waals surface area contributed by atoms with Crippen LogP contribution in [0.25, 0.3) is 0 Å². The van der Waals surface area contributed by atoms with Crippen molar-refractivity contribution in [1.82, 2.24) is 15.5 Å². The Kier molecular flexibility index (Phi) is 4.43. The van der Waals surface area contributed by atoms with Crippen LogP contribution in [0.5, 0.6) is 0 Å². The number of hydrogen-bond donors (Lipinski definition) is 2. The molecule has 2 N–H and O–H groups in total. The molecule has 1 aromatic rings. The Labute approximate surface area is 115 Å². The minimum absolute atomic E-state index is 0.00764. The first-order valence-electron chi connectivity index (χ1n) is 6.98. The summed E-state index contributed by atoms with van der Waals surface area (Å²) in [7, 11) is 1.91. The first-order chi connectivity index (χ1) is 9.20. The Morgan fingerprint density at radius 1 is 1.32 bits per heavy atom. The van der Waals surface area contributed by atoms with E-state index in [9.17, 15) is 4.79 Å². The van der Waals surface area contributed by atoms with Crippen molar-refractivity contribution in [2.24, 2.45) is 0 Å². The van der Waals surface area contributed by atoms with Gasteiger partial charge in [-0.2, -0.15) is 0 Å². The van der Waals surface area contributed by atoms with Crippen molar-refractivity contribution in [2.75, 3.05) is 26.7 Å². The fourth-order valence-electron chi connectivity index (χ4n) is 2.87. The van der Waals surface area contributed by atoms with Crippen molar-refractivity contribution in [1.29, 1.82) is 0 Å². The van der Waals surface area contributed by atoms with E-state index in [1.807, 2.05) is 37.1 Å². The molecule has 2 amide bonds. The molecule has 1 aliphatic heterocycles. The third kappa shape index (κ3) is 2.73. The molecule has 104 valence electrons. The van der Waals surface area contributed by atoms with Crippen LogP contribution in [0.3, 0.4) is 0 Å². The standard InChI is InChI=1S/C15H23N3O/c1-3-17-14(19)18(2)15(9-11-16-12-10-15)13-7-5-4-6-8-13/h4-8,16H,3,9-12H2,1-2H3,(H,17,19). The molecular weight excluding hydrogens is 238 g/mol. The third-order valence-corrected chi connectivity index (χ3v) is 4.02. The number of nitrogens with zero attached hydrogens (tertiary/aromatic N) is 1. The van der Waals surface area contributed by atoms with E-state index in [-0.39, 0.29) is 11.6 Å². The minimum Gasteiger partial charge on any atom is -0.338 e. The molecule has 0 radical (unpaired) electrons. The van der Waals surface area contributed by atoms with Crippen LogP contribution >= 0.6 is 0 Å². The van der Waals surface area contributed by atoms with Crippen LogP contribution in [0.1, 0.15) is 25.3 Å². The van der Waals surface area contributed by atoms with Crippen LogP contribution in [0, 0.1) is 0 Å². The summed E-state index contributed by atoms with van der Waals surface area (Å²) in [6.07, 6.45) is 1.90. The zero-order chi connectivity index (χ0) is 13.7. The quantitative estimate of drug-likeness (QED) is 0.873. The first-order valence-corrected chi connectivity index (χ1v) is 6.98. The van der Waals surface area contributed by atoms with Gasteiger partial charge in [0.05, 0.1) is 5.54 Å². The molecule has 1 heterocycles. The molecule has 0 saturated carbocycles. The fourth-order valence-corrected chi connectivity index (χ4v) is 2.87. The Morgan fingerprint density at radius 3 is 2.53 bits per heavy atom. The second-order valence-corrected chi connectivity index (χ2v) is 5.04. The predicted octanol–water partition coefficient (Wildman–Crippen LogP) is 1.93. The van der Waals surface area contributed by atoms with Gasteiger partial charge in [-0.15, -0.1) is 0 Å². The summed E-state index contributed by atoms with van der Waals surface area (Å²) in [6, 6.07) is 10.4. The second kappa shape index (κ2) is 6.06. The number of carbonyl (C=O) groups excluding carboxylic acids is 1. The van der Waals surface area contributed by atoms with Crippen molar-refractivity contribution >= 4 is 6.03 Å². The van der Waals surface area contributed by atoms with Crippen molar-refractivity contribution in [3.63, 3.8) is 0 Å². The average molecular weight is 261 g/mol. The number of rotatable bonds is 3. The Balaban J connectivity index is 2.32. The van der Waals surface area contributed by atoms with Gasteiger partial charge in [-0.25, -0.2) is 4.79 Å². The molecule has 0 atom stereocenters. The van der Waals surface area contributed by atoms with Gasteiger partial charge in [0.2, 0.25) is 0 Å². The van der Waals surface area contributed by atoms with E-state index in [4.69, 9.17) is 0 Å². The van der Waals surface area contributed by atoms with Crippen molar-refractivity contribution < 1.29 is 4.79 Å². The zero-order valence-corrected chi connectivity index (χ0v) is 11.8. The van der Waals surface area contributed by atoms with Gasteiger partial charge in [-0.1, -0.05) is 30.3 Å². The highest BCUT2D eigenvalue weighted by Crippen LogP contribution is 2.36. The highest BCUT2D eigenvalue weighted by molar-refractivity contribution is 5.75. The predicted molar refractivity (Wildman–Crippen MR) is 77.1 cm³/mol. The Morgan fingerprint density at radius 2 is 1.95 bits per heavy atom. The van der Waals surface area contributed by atoms with Crippen LogP contribution in [-0.2, 0) is 5.54 Å². The molecule has 1 saturated heterocycles. The normalized spacial score (nSPS) is 17.8. The lowest BCUT2D eigenvalue weighted by molar-refractivity contribution is 0.103. The molecule has 2 rings (SSSR count). The number of urea groups is 1. The highest BCUT2D eigenvalue weighted by atomic mass is 16.2. The van der Waals surface area contributed by atoms with E-state index >= 15 is 0 Å². The monoisotopic (exact) mass is 261 g/mol. The maximum absolute atomic E-state index is 12.2. The molecule has 4 nitrogen and oxygen atoms in total. The lowest BCUT2D eigenvalue weighted by Crippen LogP contribution is -2.55. The van der Waals surface area contributed by atoms with Crippen molar-refractivity contribution in [3.8, 4) is 0 Å². The van der Waals surface area contributed by atoms with Gasteiger partial charge in [0.25, 0.3) is 0 Å². The summed E-state index contributed by atoms with van der Waals surface area (Å²) < 4.78 is 0. The minimum atomic E-state index is -0.189. The molecule has 0 bridgehead atoms. The van der Waals surface area contributed by atoms with E-state index in [1.54, 1.807) is 0 Å². The number of hydrogen-bond acceptors (Lipinski definition) is 2. The SMILES string of the molecule is CCNC(=O)N(C)C1(c2ccccc2)CCNCC1. The number of piperidine rings is 1. The van der Waals surface area contributed by atoms with Crippen LogP contribution in [-0.4, -0.2) is 37.6 Å². The van der Waals surface area contributed by atoms with Gasteiger partial charge in [0.15, 0.2) is 0 Å². The second-order valence-electron chi connectivity index (χ2n) is 5.04. The number of carbonyl (C=O) groups is 1. The highest BCUT2D eigenvalue weighted by Gasteiger charge is 2.39. The maximum atomic E-state index is 12.2. The van der Waals surface area contributed by atoms with Crippen LogP contribution in [0.15, 0.2) is 30.3 Å². The molecule has 4 heteroatoms. The number of nitrogens with one attached hydrogen (secondary N) is 2. The Hall–Kier alpha value is -1.55. The van der Waals surface area contributed by atoms with E-state index in [0.29, 0.717) is 6.54 Å². The van der Waals surface area contributed by atoms with Crippen LogP contribution in [0.4, 0.5) is 4.79 Å². The molecule has 1 aromatic carbocycles. The molecule has 0 unspecified atom stereocenters. The molecule has 1 fully saturated rings. The number of amides is 2. The van der Waals surface area contributed by atoms with E-state index in [0.717, 1.165) is 25.9 Å². The fraction of sp³-hybridized carbons (Fsp3) is 0.533. The summed E-state index contributed by atoms with van der Waals surface area (Å²) >= 11 is 0. The smallest absolute Gasteiger partial charge is 0.317 e. The lowest BCUT2D eigenvalue weighted by Gasteiger charge is -2.45. The lowest BCUT2D eigenvalue weighted by atomic mass is 9.80. The van der Waals surface area contributed by atoms with Gasteiger partial charge in [0, 0.05) is 13.6 Å². The summed E-state index contributed by atoms with van der Waals surface area (Å²) in [4.78, 5) is 14.1. The molecule has 19 heavy (non-hydrogen) atoms. The molecular formula is C15H23N3O. The third-order valence-electron chi connectivity index (χ3n) is 4.02. The molecule has 0 spiro atoms. The summed E-state index contributed by atoms with van der Waals surface area (Å²) in [6.45, 7) is 4.49. The van der Waals surface area contributed by atoms with Crippen molar-refractivity contribution in [2.45, 2.75) is 25.3 Å². The topological polar surface area (TPSA) is 44.4 Å². The first kappa shape index (κ1) is 13.9. The van der Waals surface area contributed by atoms with E-state index in [2.05, 4.69) is 22.8 Å². The van der Waals surface area contributed by atoms with Gasteiger partial charge in [-0.3, -0.25) is 0 Å². The maximum Gasteiger partial charge on any atom is 0.317 e. The van der Waals surface area contributed by atoms with Gasteiger partial charge >= 0.3 is 6.03 Å². The molecule has 0 aliphatic carbocycles. The zero-order valence-electron chi connectivity index (χ0n) is 11.8. The van der Waals surface area contributed by atoms with Crippen molar-refractivity contribution in [3.05, 3.63) is 35.9 Å². The molecule has 0 aromatic heterocycles. The number of benzene rings is 1. The van der Waals surface area contributed by atoms with E-state index < -0.39 is 0 Å². The summed E-state index contributed by atoms with van der Waals surface area (Å²) in [5.41, 5.74) is 1.04. The van der Waals surface area contributed by atoms with Gasteiger partial charge in [0.1, 0.15) is 0 Å². The van der Waals surface area contributed by atoms with Crippen LogP contribution < -0.4 is 10.6 Å². The Bertz CT molecular complexity index is 413. The van der Waals surface area contributed by atoms with Gasteiger partial charge < -0.3 is 15.5 Å². The average Bonchev–Trinajstić information content (AvgIpc) is 2.48. The summed E-state index contributed by atoms with van der Waals surface area (Å²) in [5.74, 6) is 0. The van der Waals surface area contributed by atoms with Gasteiger partial charge in [-0.05, 0) is 38.4 Å². The largest absolute Gasteiger partial charge is 0.338 e. The molecule has 1 aliphatic rings. The van der Waals surface area contributed by atoms with Crippen LogP contribution in [0.2, 0.25) is 0 Å². The van der Waals surface area contributed by atoms with E-state index in [1.165, 1.54) is 5.56 Å².